The summed E-state index contributed by atoms with van der Waals surface area (Å²) in [4.78, 5) is 11.1. The van der Waals surface area contributed by atoms with Crippen LogP contribution in [-0.2, 0) is 9.53 Å². The summed E-state index contributed by atoms with van der Waals surface area (Å²) in [5.74, 6) is 0.805. The van der Waals surface area contributed by atoms with Gasteiger partial charge in [-0.1, -0.05) is 15.9 Å². The van der Waals surface area contributed by atoms with Crippen LogP contribution >= 0.6 is 15.9 Å². The highest BCUT2D eigenvalue weighted by Crippen LogP contribution is 2.42. The molecular formula is C8H13BrO2. The number of carbonyl (C=O) groups excluding carboxylic acids is 1. The second-order valence-corrected chi connectivity index (χ2v) is 3.62. The second kappa shape index (κ2) is 4.10. The van der Waals surface area contributed by atoms with E-state index in [1.807, 2.05) is 6.92 Å². The van der Waals surface area contributed by atoms with Crippen LogP contribution in [-0.4, -0.2) is 17.9 Å². The average Bonchev–Trinajstić information content (AvgIpc) is 2.69. The summed E-state index contributed by atoms with van der Waals surface area (Å²) in [6.45, 7) is 2.36. The van der Waals surface area contributed by atoms with Crippen LogP contribution in [0.15, 0.2) is 0 Å². The molecule has 1 aliphatic rings. The van der Waals surface area contributed by atoms with Gasteiger partial charge < -0.3 is 4.74 Å². The van der Waals surface area contributed by atoms with Crippen molar-refractivity contribution in [3.05, 3.63) is 0 Å². The van der Waals surface area contributed by atoms with E-state index in [9.17, 15) is 4.79 Å². The van der Waals surface area contributed by atoms with Gasteiger partial charge in [0.05, 0.1) is 12.5 Å². The van der Waals surface area contributed by atoms with Crippen molar-refractivity contribution in [2.75, 3.05) is 11.9 Å². The summed E-state index contributed by atoms with van der Waals surface area (Å²) in [7, 11) is 0. The fourth-order valence-corrected chi connectivity index (χ4v) is 1.83. The van der Waals surface area contributed by atoms with Crippen molar-refractivity contribution in [3.8, 4) is 0 Å². The lowest BCUT2D eigenvalue weighted by Gasteiger charge is -1.98. The molecule has 0 unspecified atom stereocenters. The van der Waals surface area contributed by atoms with Crippen molar-refractivity contribution in [2.45, 2.75) is 19.8 Å². The molecule has 1 saturated carbocycles. The van der Waals surface area contributed by atoms with Crippen molar-refractivity contribution in [3.63, 3.8) is 0 Å². The topological polar surface area (TPSA) is 26.3 Å². The van der Waals surface area contributed by atoms with Crippen molar-refractivity contribution in [2.24, 2.45) is 11.8 Å². The molecule has 0 bridgehead atoms. The molecular weight excluding hydrogens is 208 g/mol. The monoisotopic (exact) mass is 220 g/mol. The maximum atomic E-state index is 11.1. The van der Waals surface area contributed by atoms with Gasteiger partial charge >= 0.3 is 5.97 Å². The second-order valence-electron chi connectivity index (χ2n) is 2.83. The third kappa shape index (κ3) is 2.47. The summed E-state index contributed by atoms with van der Waals surface area (Å²) in [6, 6.07) is 0. The van der Waals surface area contributed by atoms with Gasteiger partial charge in [-0.25, -0.2) is 0 Å². The number of halogens is 1. The Balaban J connectivity index is 2.15. The van der Waals surface area contributed by atoms with Crippen LogP contribution in [0, 0.1) is 11.8 Å². The Kier molecular flexibility index (Phi) is 3.37. The fraction of sp³-hybridized carbons (Fsp3) is 0.875. The lowest BCUT2D eigenvalue weighted by molar-refractivity contribution is -0.145. The maximum absolute atomic E-state index is 11.1. The standard InChI is InChI=1S/C8H13BrO2/c1-2-11-8(10)7-5-6(7)3-4-9/h6-7H,2-5H2,1H3/t6-,7+/m1/s1. The Morgan fingerprint density at radius 3 is 3.00 bits per heavy atom. The number of hydrogen-bond acceptors (Lipinski definition) is 2. The van der Waals surface area contributed by atoms with Gasteiger partial charge in [0, 0.05) is 5.33 Å². The van der Waals surface area contributed by atoms with Crippen LogP contribution in [0.3, 0.4) is 0 Å². The molecule has 1 fully saturated rings. The number of rotatable bonds is 4. The highest BCUT2D eigenvalue weighted by Gasteiger charge is 2.43. The first kappa shape index (κ1) is 9.04. The fourth-order valence-electron chi connectivity index (χ4n) is 1.24. The summed E-state index contributed by atoms with van der Waals surface area (Å²) >= 11 is 3.35. The number of carbonyl (C=O) groups is 1. The minimum absolute atomic E-state index is 0.00144. The van der Waals surface area contributed by atoms with E-state index in [1.54, 1.807) is 0 Å². The Bertz CT molecular complexity index is 147. The SMILES string of the molecule is CCOC(=O)[C@H]1C[C@H]1CCBr. The molecule has 0 radical (unpaired) electrons. The number of esters is 1. The molecule has 0 aromatic rings. The normalized spacial score (nSPS) is 28.2. The first-order chi connectivity index (χ1) is 5.29. The van der Waals surface area contributed by atoms with Gasteiger partial charge in [-0.3, -0.25) is 4.79 Å². The van der Waals surface area contributed by atoms with E-state index in [-0.39, 0.29) is 11.9 Å². The van der Waals surface area contributed by atoms with Gasteiger partial charge in [-0.15, -0.1) is 0 Å². The van der Waals surface area contributed by atoms with Gasteiger partial charge in [-0.2, -0.15) is 0 Å². The molecule has 64 valence electrons. The zero-order valence-electron chi connectivity index (χ0n) is 6.68. The minimum atomic E-state index is -0.00144. The minimum Gasteiger partial charge on any atom is -0.466 e. The van der Waals surface area contributed by atoms with Crippen LogP contribution in [0.25, 0.3) is 0 Å². The van der Waals surface area contributed by atoms with E-state index in [0.717, 1.165) is 18.2 Å². The van der Waals surface area contributed by atoms with E-state index in [1.165, 1.54) is 0 Å². The maximum Gasteiger partial charge on any atom is 0.309 e. The number of hydrogen-bond donors (Lipinski definition) is 0. The Labute approximate surface area is 75.4 Å². The molecule has 3 heteroatoms. The molecule has 0 N–H and O–H groups in total. The lowest BCUT2D eigenvalue weighted by atomic mass is 10.2. The van der Waals surface area contributed by atoms with Gasteiger partial charge in [-0.05, 0) is 25.7 Å². The zero-order chi connectivity index (χ0) is 8.27. The first-order valence-electron chi connectivity index (χ1n) is 4.02. The average molecular weight is 221 g/mol. The lowest BCUT2D eigenvalue weighted by Crippen LogP contribution is -2.07. The largest absolute Gasteiger partial charge is 0.466 e. The zero-order valence-corrected chi connectivity index (χ0v) is 8.26. The highest BCUT2D eigenvalue weighted by atomic mass is 79.9. The van der Waals surface area contributed by atoms with Gasteiger partial charge in [0.25, 0.3) is 0 Å². The Morgan fingerprint density at radius 2 is 2.45 bits per heavy atom. The molecule has 0 heterocycles. The summed E-state index contributed by atoms with van der Waals surface area (Å²) in [5.41, 5.74) is 0. The van der Waals surface area contributed by atoms with Gasteiger partial charge in [0.2, 0.25) is 0 Å². The molecule has 1 aliphatic carbocycles. The van der Waals surface area contributed by atoms with Crippen molar-refractivity contribution < 1.29 is 9.53 Å². The summed E-state index contributed by atoms with van der Waals surface area (Å²) in [5, 5.41) is 0.994. The number of ether oxygens (including phenoxy) is 1. The van der Waals surface area contributed by atoms with E-state index in [4.69, 9.17) is 4.74 Å². The number of alkyl halides is 1. The Morgan fingerprint density at radius 1 is 1.73 bits per heavy atom. The van der Waals surface area contributed by atoms with E-state index >= 15 is 0 Å². The molecule has 2 atom stereocenters. The Hall–Kier alpha value is -0.0500. The van der Waals surface area contributed by atoms with Crippen LogP contribution in [0.5, 0.6) is 0 Å². The summed E-state index contributed by atoms with van der Waals surface area (Å²) in [6.07, 6.45) is 2.13. The molecule has 1 rings (SSSR count). The molecule has 11 heavy (non-hydrogen) atoms. The molecule has 0 aromatic carbocycles. The quantitative estimate of drug-likeness (QED) is 0.535. The molecule has 0 saturated heterocycles. The van der Waals surface area contributed by atoms with Crippen LogP contribution in [0.2, 0.25) is 0 Å². The molecule has 0 spiro atoms. The predicted molar refractivity (Wildman–Crippen MR) is 46.6 cm³/mol. The highest BCUT2D eigenvalue weighted by molar-refractivity contribution is 9.09. The smallest absolute Gasteiger partial charge is 0.309 e. The van der Waals surface area contributed by atoms with Crippen molar-refractivity contribution >= 4 is 21.9 Å². The van der Waals surface area contributed by atoms with Gasteiger partial charge in [0.1, 0.15) is 0 Å². The van der Waals surface area contributed by atoms with E-state index < -0.39 is 0 Å². The predicted octanol–water partition coefficient (Wildman–Crippen LogP) is 1.97. The van der Waals surface area contributed by atoms with E-state index in [0.29, 0.717) is 12.5 Å². The third-order valence-electron chi connectivity index (χ3n) is 1.99. The van der Waals surface area contributed by atoms with Crippen LogP contribution in [0.1, 0.15) is 19.8 Å². The summed E-state index contributed by atoms with van der Waals surface area (Å²) < 4.78 is 4.89. The van der Waals surface area contributed by atoms with Crippen LogP contribution in [0.4, 0.5) is 0 Å². The third-order valence-corrected chi connectivity index (χ3v) is 2.45. The van der Waals surface area contributed by atoms with E-state index in [2.05, 4.69) is 15.9 Å². The molecule has 0 amide bonds. The first-order valence-corrected chi connectivity index (χ1v) is 5.14. The molecule has 0 aromatic heterocycles. The van der Waals surface area contributed by atoms with Crippen LogP contribution < -0.4 is 0 Å². The van der Waals surface area contributed by atoms with Crippen molar-refractivity contribution in [1.82, 2.24) is 0 Å². The van der Waals surface area contributed by atoms with Crippen molar-refractivity contribution in [1.29, 1.82) is 0 Å². The van der Waals surface area contributed by atoms with Gasteiger partial charge in [0.15, 0.2) is 0 Å². The molecule has 2 nitrogen and oxygen atoms in total. The molecule has 0 aliphatic heterocycles.